The van der Waals surface area contributed by atoms with Gasteiger partial charge in [0.25, 0.3) is 0 Å². The number of thioether (sulfide) groups is 1. The van der Waals surface area contributed by atoms with Crippen LogP contribution in [0.4, 0.5) is 0 Å². The third-order valence-electron chi connectivity index (χ3n) is 2.92. The zero-order valence-electron chi connectivity index (χ0n) is 11.3. The number of carboxylic acid groups (broad SMARTS) is 1. The van der Waals surface area contributed by atoms with Gasteiger partial charge in [-0.2, -0.15) is 0 Å². The van der Waals surface area contributed by atoms with Crippen molar-refractivity contribution in [3.63, 3.8) is 0 Å². The number of hydrogen-bond donors (Lipinski definition) is 1. The molecule has 1 N–H and O–H groups in total. The molecule has 0 unspecified atom stereocenters. The van der Waals surface area contributed by atoms with Gasteiger partial charge in [-0.05, 0) is 30.5 Å². The largest absolute Gasteiger partial charge is 0.481 e. The molecule has 0 bridgehead atoms. The number of imidazole rings is 1. The Labute approximate surface area is 129 Å². The van der Waals surface area contributed by atoms with Crippen molar-refractivity contribution in [3.8, 4) is 0 Å². The van der Waals surface area contributed by atoms with Crippen LogP contribution in [0, 0.1) is 6.92 Å². The van der Waals surface area contributed by atoms with Gasteiger partial charge in [0.15, 0.2) is 10.8 Å². The van der Waals surface area contributed by atoms with Crippen molar-refractivity contribution in [2.24, 2.45) is 0 Å². The lowest BCUT2D eigenvalue weighted by Crippen LogP contribution is -2.04. The topological polar surface area (TPSA) is 68.0 Å². The van der Waals surface area contributed by atoms with Gasteiger partial charge >= 0.3 is 5.97 Å². The summed E-state index contributed by atoms with van der Waals surface area (Å²) in [5.41, 5.74) is 2.52. The maximum Gasteiger partial charge on any atom is 0.313 e. The predicted molar refractivity (Wildman–Crippen MR) is 84.0 cm³/mol. The Morgan fingerprint density at radius 2 is 2.24 bits per heavy atom. The number of thiophene rings is 1. The van der Waals surface area contributed by atoms with Crippen LogP contribution in [0.15, 0.2) is 34.8 Å². The number of hydrogen-bond acceptors (Lipinski definition) is 5. The maximum absolute atomic E-state index is 10.8. The summed E-state index contributed by atoms with van der Waals surface area (Å²) >= 11 is 2.89. The molecule has 3 heterocycles. The van der Waals surface area contributed by atoms with Crippen LogP contribution in [0.2, 0.25) is 0 Å². The Kier molecular flexibility index (Phi) is 3.94. The molecule has 0 spiro atoms. The van der Waals surface area contributed by atoms with E-state index < -0.39 is 5.97 Å². The second kappa shape index (κ2) is 5.87. The number of carbonyl (C=O) groups is 1. The number of nitrogens with zero attached hydrogens (tertiary/aromatic N) is 3. The summed E-state index contributed by atoms with van der Waals surface area (Å²) in [6.45, 7) is 2.60. The third-order valence-corrected chi connectivity index (χ3v) is 4.74. The van der Waals surface area contributed by atoms with Gasteiger partial charge in [0.05, 0.1) is 12.3 Å². The molecule has 21 heavy (non-hydrogen) atoms. The van der Waals surface area contributed by atoms with E-state index in [1.165, 1.54) is 16.6 Å². The number of aromatic nitrogens is 3. The summed E-state index contributed by atoms with van der Waals surface area (Å²) in [5, 5.41) is 11.6. The summed E-state index contributed by atoms with van der Waals surface area (Å²) in [6.07, 6.45) is 0. The molecular weight excluding hydrogens is 306 g/mol. The first kappa shape index (κ1) is 14.1. The second-order valence-corrected chi connectivity index (χ2v) is 6.51. The fourth-order valence-corrected chi connectivity index (χ4v) is 3.43. The molecule has 3 aromatic rings. The van der Waals surface area contributed by atoms with E-state index >= 15 is 0 Å². The van der Waals surface area contributed by atoms with E-state index in [0.29, 0.717) is 11.7 Å². The van der Waals surface area contributed by atoms with Gasteiger partial charge in [-0.15, -0.1) is 11.3 Å². The Balaban J connectivity index is 2.04. The van der Waals surface area contributed by atoms with Crippen LogP contribution < -0.4 is 0 Å². The maximum atomic E-state index is 10.8. The Morgan fingerprint density at radius 3 is 2.95 bits per heavy atom. The molecule has 0 aromatic carbocycles. The average molecular weight is 319 g/mol. The first-order chi connectivity index (χ1) is 10.1. The van der Waals surface area contributed by atoms with Crippen molar-refractivity contribution in [2.75, 3.05) is 5.75 Å². The number of aryl methyl sites for hydroxylation is 1. The first-order valence-corrected chi connectivity index (χ1v) is 8.21. The predicted octanol–water partition coefficient (Wildman–Crippen LogP) is 3.03. The molecule has 0 saturated heterocycles. The molecule has 0 radical (unpaired) electrons. The SMILES string of the molecule is Cc1ccc2nc(SCC(=O)O)n(Cc3cccs3)c2n1. The molecular formula is C14H13N3O2S2. The van der Waals surface area contributed by atoms with Crippen molar-refractivity contribution in [1.82, 2.24) is 14.5 Å². The van der Waals surface area contributed by atoms with E-state index in [0.717, 1.165) is 16.9 Å². The summed E-state index contributed by atoms with van der Waals surface area (Å²) in [5.74, 6) is -0.855. The minimum Gasteiger partial charge on any atom is -0.481 e. The summed E-state index contributed by atoms with van der Waals surface area (Å²) in [6, 6.07) is 7.89. The smallest absolute Gasteiger partial charge is 0.313 e. The summed E-state index contributed by atoms with van der Waals surface area (Å²) in [4.78, 5) is 21.0. The summed E-state index contributed by atoms with van der Waals surface area (Å²) in [7, 11) is 0. The van der Waals surface area contributed by atoms with E-state index in [4.69, 9.17) is 5.11 Å². The van der Waals surface area contributed by atoms with Gasteiger partial charge in [0.2, 0.25) is 0 Å². The average Bonchev–Trinajstić information content (AvgIpc) is 3.06. The van der Waals surface area contributed by atoms with Crippen LogP contribution in [-0.2, 0) is 11.3 Å². The van der Waals surface area contributed by atoms with E-state index in [-0.39, 0.29) is 5.75 Å². The molecule has 0 aliphatic carbocycles. The van der Waals surface area contributed by atoms with E-state index in [1.807, 2.05) is 35.1 Å². The molecule has 0 aliphatic heterocycles. The number of rotatable bonds is 5. The number of fused-ring (bicyclic) bond motifs is 1. The minimum absolute atomic E-state index is 0.00720. The molecule has 0 fully saturated rings. The summed E-state index contributed by atoms with van der Waals surface area (Å²) < 4.78 is 1.99. The van der Waals surface area contributed by atoms with Gasteiger partial charge in [-0.1, -0.05) is 17.8 Å². The van der Waals surface area contributed by atoms with Crippen LogP contribution in [0.1, 0.15) is 10.6 Å². The standard InChI is InChI=1S/C14H13N3O2S2/c1-9-4-5-11-13(15-9)17(7-10-3-2-6-20-10)14(16-11)21-8-12(18)19/h2-6H,7-8H2,1H3,(H,18,19). The Hall–Kier alpha value is -1.86. The van der Waals surface area contributed by atoms with Gasteiger partial charge in [-0.25, -0.2) is 9.97 Å². The lowest BCUT2D eigenvalue weighted by atomic mass is 10.3. The number of pyridine rings is 1. The molecule has 3 aromatic heterocycles. The van der Waals surface area contributed by atoms with Crippen LogP contribution >= 0.6 is 23.1 Å². The van der Waals surface area contributed by atoms with Crippen LogP contribution in [0.25, 0.3) is 11.2 Å². The van der Waals surface area contributed by atoms with E-state index in [2.05, 4.69) is 16.0 Å². The van der Waals surface area contributed by atoms with Crippen molar-refractivity contribution in [2.45, 2.75) is 18.6 Å². The van der Waals surface area contributed by atoms with Crippen molar-refractivity contribution in [1.29, 1.82) is 0 Å². The highest BCUT2D eigenvalue weighted by molar-refractivity contribution is 7.99. The Morgan fingerprint density at radius 1 is 1.38 bits per heavy atom. The molecule has 0 aliphatic rings. The first-order valence-electron chi connectivity index (χ1n) is 6.34. The zero-order chi connectivity index (χ0) is 14.8. The molecule has 0 amide bonds. The lowest BCUT2D eigenvalue weighted by Gasteiger charge is -2.06. The molecule has 3 rings (SSSR count). The van der Waals surface area contributed by atoms with Crippen LogP contribution in [0.5, 0.6) is 0 Å². The number of carboxylic acids is 1. The van der Waals surface area contributed by atoms with Gasteiger partial charge in [-0.3, -0.25) is 9.36 Å². The zero-order valence-corrected chi connectivity index (χ0v) is 12.9. The molecule has 108 valence electrons. The van der Waals surface area contributed by atoms with Crippen molar-refractivity contribution >= 4 is 40.2 Å². The highest BCUT2D eigenvalue weighted by atomic mass is 32.2. The van der Waals surface area contributed by atoms with E-state index in [9.17, 15) is 4.79 Å². The van der Waals surface area contributed by atoms with E-state index in [1.54, 1.807) is 11.3 Å². The number of aliphatic carboxylic acids is 1. The third kappa shape index (κ3) is 3.08. The monoisotopic (exact) mass is 319 g/mol. The lowest BCUT2D eigenvalue weighted by molar-refractivity contribution is -0.133. The van der Waals surface area contributed by atoms with Gasteiger partial charge in [0, 0.05) is 10.6 Å². The fourth-order valence-electron chi connectivity index (χ4n) is 2.01. The van der Waals surface area contributed by atoms with Crippen LogP contribution in [-0.4, -0.2) is 31.4 Å². The second-order valence-electron chi connectivity index (χ2n) is 4.54. The van der Waals surface area contributed by atoms with Crippen molar-refractivity contribution < 1.29 is 9.90 Å². The van der Waals surface area contributed by atoms with Gasteiger partial charge in [0.1, 0.15) is 5.52 Å². The molecule has 0 saturated carbocycles. The quantitative estimate of drug-likeness (QED) is 0.732. The van der Waals surface area contributed by atoms with Crippen LogP contribution in [0.3, 0.4) is 0 Å². The molecule has 5 nitrogen and oxygen atoms in total. The molecule has 7 heteroatoms. The molecule has 0 atom stereocenters. The Bertz CT molecular complexity index is 781. The highest BCUT2D eigenvalue weighted by Crippen LogP contribution is 2.25. The normalized spacial score (nSPS) is 11.1. The van der Waals surface area contributed by atoms with Gasteiger partial charge < -0.3 is 5.11 Å². The minimum atomic E-state index is -0.848. The van der Waals surface area contributed by atoms with Crippen molar-refractivity contribution in [3.05, 3.63) is 40.2 Å². The fraction of sp³-hybridized carbons (Fsp3) is 0.214. The highest BCUT2D eigenvalue weighted by Gasteiger charge is 2.14.